The monoisotopic (exact) mass is 273 g/mol. The van der Waals surface area contributed by atoms with Crippen LogP contribution in [0.5, 0.6) is 0 Å². The summed E-state index contributed by atoms with van der Waals surface area (Å²) in [5.74, 6) is 1.58. The van der Waals surface area contributed by atoms with E-state index in [0.29, 0.717) is 17.7 Å². The molecule has 1 fully saturated rings. The normalized spacial score (nSPS) is 23.8. The largest absolute Gasteiger partial charge is 0.416 e. The van der Waals surface area contributed by atoms with Gasteiger partial charge in [-0.2, -0.15) is 13.2 Å². The number of hydrogen-bond acceptors (Lipinski definition) is 3. The van der Waals surface area contributed by atoms with E-state index < -0.39 is 11.7 Å². The third-order valence-electron chi connectivity index (χ3n) is 3.71. The molecule has 0 aromatic carbocycles. The van der Waals surface area contributed by atoms with Crippen LogP contribution in [0.2, 0.25) is 0 Å². The van der Waals surface area contributed by atoms with Crippen molar-refractivity contribution in [2.24, 2.45) is 11.8 Å². The Morgan fingerprint density at radius 1 is 1.21 bits per heavy atom. The molecule has 0 aliphatic carbocycles. The van der Waals surface area contributed by atoms with Gasteiger partial charge in [-0.15, -0.1) is 0 Å². The standard InChI is InChI=1S/C13H18F3N3/c1-8-6-19(7-9(8)2)12-5-10(13(14,15)16)4-11(17-3)18-12/h4-5,8-9H,6-7H2,1-3H3,(H,17,18). The topological polar surface area (TPSA) is 28.2 Å². The summed E-state index contributed by atoms with van der Waals surface area (Å²) in [5.41, 5.74) is -0.658. The van der Waals surface area contributed by atoms with Gasteiger partial charge in [-0.3, -0.25) is 0 Å². The number of alkyl halides is 3. The van der Waals surface area contributed by atoms with E-state index in [1.165, 1.54) is 0 Å². The van der Waals surface area contributed by atoms with Crippen molar-refractivity contribution in [1.29, 1.82) is 0 Å². The molecule has 6 heteroatoms. The van der Waals surface area contributed by atoms with Gasteiger partial charge < -0.3 is 10.2 Å². The molecule has 1 aliphatic rings. The molecule has 2 unspecified atom stereocenters. The van der Waals surface area contributed by atoms with E-state index in [1.807, 2.05) is 4.90 Å². The Morgan fingerprint density at radius 3 is 2.26 bits per heavy atom. The Kier molecular flexibility index (Phi) is 3.60. The predicted molar refractivity (Wildman–Crippen MR) is 69.3 cm³/mol. The van der Waals surface area contributed by atoms with E-state index in [4.69, 9.17) is 0 Å². The first kappa shape index (κ1) is 14.0. The SMILES string of the molecule is CNc1cc(C(F)(F)F)cc(N2CC(C)C(C)C2)n1. The molecule has 106 valence electrons. The van der Waals surface area contributed by atoms with Crippen LogP contribution < -0.4 is 10.2 Å². The first-order valence-corrected chi connectivity index (χ1v) is 6.33. The minimum atomic E-state index is -4.35. The van der Waals surface area contributed by atoms with Crippen molar-refractivity contribution in [2.75, 3.05) is 30.4 Å². The zero-order valence-electron chi connectivity index (χ0n) is 11.3. The summed E-state index contributed by atoms with van der Waals surface area (Å²) < 4.78 is 38.6. The molecular weight excluding hydrogens is 255 g/mol. The van der Waals surface area contributed by atoms with E-state index in [2.05, 4.69) is 24.1 Å². The molecule has 0 saturated carbocycles. The Balaban J connectivity index is 2.35. The Hall–Kier alpha value is -1.46. The van der Waals surface area contributed by atoms with Gasteiger partial charge in [0, 0.05) is 20.1 Å². The lowest BCUT2D eigenvalue weighted by molar-refractivity contribution is -0.137. The van der Waals surface area contributed by atoms with Crippen molar-refractivity contribution in [3.8, 4) is 0 Å². The number of nitrogens with zero attached hydrogens (tertiary/aromatic N) is 2. The van der Waals surface area contributed by atoms with Crippen LogP contribution in [0, 0.1) is 11.8 Å². The van der Waals surface area contributed by atoms with Crippen molar-refractivity contribution < 1.29 is 13.2 Å². The number of rotatable bonds is 2. The number of aromatic nitrogens is 1. The van der Waals surface area contributed by atoms with Crippen LogP contribution >= 0.6 is 0 Å². The van der Waals surface area contributed by atoms with Crippen molar-refractivity contribution in [3.05, 3.63) is 17.7 Å². The highest BCUT2D eigenvalue weighted by Crippen LogP contribution is 2.34. The summed E-state index contributed by atoms with van der Waals surface area (Å²) in [4.78, 5) is 6.15. The summed E-state index contributed by atoms with van der Waals surface area (Å²) in [6.45, 7) is 5.71. The zero-order chi connectivity index (χ0) is 14.2. The van der Waals surface area contributed by atoms with Crippen molar-refractivity contribution in [2.45, 2.75) is 20.0 Å². The smallest absolute Gasteiger partial charge is 0.373 e. The summed E-state index contributed by atoms with van der Waals surface area (Å²) >= 11 is 0. The molecule has 0 spiro atoms. The summed E-state index contributed by atoms with van der Waals surface area (Å²) in [7, 11) is 1.57. The quantitative estimate of drug-likeness (QED) is 0.896. The van der Waals surface area contributed by atoms with Gasteiger partial charge in [0.25, 0.3) is 0 Å². The molecule has 1 aromatic heterocycles. The van der Waals surface area contributed by atoms with E-state index in [-0.39, 0.29) is 5.82 Å². The van der Waals surface area contributed by atoms with Crippen molar-refractivity contribution >= 4 is 11.6 Å². The van der Waals surface area contributed by atoms with Gasteiger partial charge in [-0.05, 0) is 24.0 Å². The maximum atomic E-state index is 12.9. The zero-order valence-corrected chi connectivity index (χ0v) is 11.3. The second kappa shape index (κ2) is 4.90. The van der Waals surface area contributed by atoms with Gasteiger partial charge in [-0.25, -0.2) is 4.98 Å². The van der Waals surface area contributed by atoms with Gasteiger partial charge in [0.15, 0.2) is 0 Å². The Labute approximate surface area is 110 Å². The third-order valence-corrected chi connectivity index (χ3v) is 3.71. The summed E-state index contributed by atoms with van der Waals surface area (Å²) in [6.07, 6.45) is -4.35. The maximum Gasteiger partial charge on any atom is 0.416 e. The van der Waals surface area contributed by atoms with Crippen molar-refractivity contribution in [1.82, 2.24) is 4.98 Å². The van der Waals surface area contributed by atoms with Crippen LogP contribution in [0.15, 0.2) is 12.1 Å². The highest BCUT2D eigenvalue weighted by Gasteiger charge is 2.33. The van der Waals surface area contributed by atoms with Crippen LogP contribution in [0.3, 0.4) is 0 Å². The van der Waals surface area contributed by atoms with Crippen LogP contribution in [-0.2, 0) is 6.18 Å². The lowest BCUT2D eigenvalue weighted by Crippen LogP contribution is -2.22. The summed E-state index contributed by atoms with van der Waals surface area (Å²) in [5, 5.41) is 2.69. The fourth-order valence-corrected chi connectivity index (χ4v) is 2.29. The first-order valence-electron chi connectivity index (χ1n) is 6.33. The second-order valence-corrected chi connectivity index (χ2v) is 5.21. The number of pyridine rings is 1. The van der Waals surface area contributed by atoms with E-state index in [0.717, 1.165) is 25.2 Å². The van der Waals surface area contributed by atoms with Gasteiger partial charge in [0.05, 0.1) is 5.56 Å². The molecule has 3 nitrogen and oxygen atoms in total. The van der Waals surface area contributed by atoms with Gasteiger partial charge in [0.2, 0.25) is 0 Å². The molecule has 0 bridgehead atoms. The average molecular weight is 273 g/mol. The van der Waals surface area contributed by atoms with Crippen LogP contribution in [-0.4, -0.2) is 25.1 Å². The van der Waals surface area contributed by atoms with E-state index in [1.54, 1.807) is 7.05 Å². The highest BCUT2D eigenvalue weighted by atomic mass is 19.4. The average Bonchev–Trinajstić information content (AvgIpc) is 2.68. The molecule has 19 heavy (non-hydrogen) atoms. The van der Waals surface area contributed by atoms with Gasteiger partial charge >= 0.3 is 6.18 Å². The molecule has 2 heterocycles. The van der Waals surface area contributed by atoms with Crippen LogP contribution in [0.1, 0.15) is 19.4 Å². The maximum absolute atomic E-state index is 12.9. The fourth-order valence-electron chi connectivity index (χ4n) is 2.29. The molecule has 0 amide bonds. The lowest BCUT2D eigenvalue weighted by atomic mass is 10.0. The molecule has 2 rings (SSSR count). The van der Waals surface area contributed by atoms with Crippen molar-refractivity contribution in [3.63, 3.8) is 0 Å². The van der Waals surface area contributed by atoms with Gasteiger partial charge in [-0.1, -0.05) is 13.8 Å². The predicted octanol–water partition coefficient (Wildman–Crippen LogP) is 3.23. The molecular formula is C13H18F3N3. The Morgan fingerprint density at radius 2 is 1.79 bits per heavy atom. The molecule has 1 saturated heterocycles. The third kappa shape index (κ3) is 2.93. The minimum absolute atomic E-state index is 0.247. The Bertz CT molecular complexity index is 449. The van der Waals surface area contributed by atoms with Gasteiger partial charge in [0.1, 0.15) is 11.6 Å². The molecule has 0 radical (unpaired) electrons. The second-order valence-electron chi connectivity index (χ2n) is 5.21. The molecule has 2 atom stereocenters. The number of halogens is 3. The lowest BCUT2D eigenvalue weighted by Gasteiger charge is -2.20. The van der Waals surface area contributed by atoms with Crippen LogP contribution in [0.4, 0.5) is 24.8 Å². The first-order chi connectivity index (χ1) is 8.81. The minimum Gasteiger partial charge on any atom is -0.373 e. The fraction of sp³-hybridized carbons (Fsp3) is 0.615. The number of nitrogens with one attached hydrogen (secondary N) is 1. The van der Waals surface area contributed by atoms with E-state index in [9.17, 15) is 13.2 Å². The highest BCUT2D eigenvalue weighted by molar-refractivity contribution is 5.51. The molecule has 1 N–H and O–H groups in total. The van der Waals surface area contributed by atoms with E-state index >= 15 is 0 Å². The molecule has 1 aliphatic heterocycles. The summed E-state index contributed by atoms with van der Waals surface area (Å²) in [6, 6.07) is 2.16. The molecule has 1 aromatic rings. The number of anilines is 2. The number of hydrogen-bond donors (Lipinski definition) is 1. The van der Waals surface area contributed by atoms with Crippen LogP contribution in [0.25, 0.3) is 0 Å².